The number of hydrogen-bond donors (Lipinski definition) is 1. The van der Waals surface area contributed by atoms with Crippen LogP contribution in [0.1, 0.15) is 28.7 Å². The van der Waals surface area contributed by atoms with Crippen LogP contribution in [0.4, 0.5) is 4.39 Å². The quantitative estimate of drug-likeness (QED) is 0.915. The smallest absolute Gasteiger partial charge is 0.347 e. The molecule has 1 aromatic carbocycles. The van der Waals surface area contributed by atoms with Crippen molar-refractivity contribution in [2.45, 2.75) is 19.8 Å². The first-order valence-corrected chi connectivity index (χ1v) is 6.95. The number of aromatic carboxylic acids is 1. The molecule has 1 heterocycles. The Morgan fingerprint density at radius 2 is 2.25 bits per heavy atom. The zero-order valence-corrected chi connectivity index (χ0v) is 12.0. The van der Waals surface area contributed by atoms with E-state index in [9.17, 15) is 9.18 Å². The molecule has 4 nitrogen and oxygen atoms in total. The Morgan fingerprint density at radius 1 is 1.50 bits per heavy atom. The molecule has 0 atom stereocenters. The number of methoxy groups -OCH3 is 1. The van der Waals surface area contributed by atoms with Crippen LogP contribution in [0.2, 0.25) is 0 Å². The maximum absolute atomic E-state index is 14.0. The minimum absolute atomic E-state index is 0.178. The highest BCUT2D eigenvalue weighted by Gasteiger charge is 2.19. The second-order valence-corrected chi connectivity index (χ2v) is 5.19. The molecule has 0 aliphatic carbocycles. The lowest BCUT2D eigenvalue weighted by Crippen LogP contribution is -1.98. The number of rotatable bonds is 5. The van der Waals surface area contributed by atoms with E-state index in [0.717, 1.165) is 17.8 Å². The number of carbonyl (C=O) groups is 1. The Labute approximate surface area is 119 Å². The fourth-order valence-electron chi connectivity index (χ4n) is 1.84. The van der Waals surface area contributed by atoms with Gasteiger partial charge in [-0.3, -0.25) is 0 Å². The summed E-state index contributed by atoms with van der Waals surface area (Å²) in [6, 6.07) is 4.44. The highest BCUT2D eigenvalue weighted by Crippen LogP contribution is 2.32. The van der Waals surface area contributed by atoms with Crippen molar-refractivity contribution < 1.29 is 19.0 Å². The van der Waals surface area contributed by atoms with Gasteiger partial charge in [-0.05, 0) is 18.6 Å². The van der Waals surface area contributed by atoms with Gasteiger partial charge in [0.15, 0.2) is 0 Å². The third-order valence-electron chi connectivity index (χ3n) is 2.79. The highest BCUT2D eigenvalue weighted by molar-refractivity contribution is 7.17. The molecule has 0 unspecified atom stereocenters. The Kier molecular flexibility index (Phi) is 4.34. The second kappa shape index (κ2) is 6.00. The van der Waals surface area contributed by atoms with Crippen LogP contribution < -0.4 is 4.74 Å². The third-order valence-corrected chi connectivity index (χ3v) is 3.90. The number of hydrogen-bond acceptors (Lipinski definition) is 4. The molecule has 0 fully saturated rings. The predicted octanol–water partition coefficient (Wildman–Crippen LogP) is 3.61. The molecule has 1 aromatic heterocycles. The SMILES string of the molecule is CCCc1nc(-c2ccc(OC)cc2F)sc1C(=O)O. The number of halogens is 1. The van der Waals surface area contributed by atoms with Gasteiger partial charge < -0.3 is 9.84 Å². The third kappa shape index (κ3) is 2.80. The van der Waals surface area contributed by atoms with Crippen molar-refractivity contribution >= 4 is 17.3 Å². The molecule has 0 bridgehead atoms. The molecular weight excluding hydrogens is 281 g/mol. The van der Waals surface area contributed by atoms with Crippen LogP contribution in [-0.2, 0) is 6.42 Å². The molecule has 106 valence electrons. The lowest BCUT2D eigenvalue weighted by atomic mass is 10.2. The van der Waals surface area contributed by atoms with E-state index in [-0.39, 0.29) is 4.88 Å². The molecule has 2 aromatic rings. The Hall–Kier alpha value is -1.95. The van der Waals surface area contributed by atoms with Gasteiger partial charge in [-0.15, -0.1) is 11.3 Å². The largest absolute Gasteiger partial charge is 0.497 e. The van der Waals surface area contributed by atoms with E-state index in [1.807, 2.05) is 6.92 Å². The molecule has 0 saturated heterocycles. The highest BCUT2D eigenvalue weighted by atomic mass is 32.1. The van der Waals surface area contributed by atoms with Crippen LogP contribution in [0.5, 0.6) is 5.75 Å². The first kappa shape index (κ1) is 14.5. The first-order chi connectivity index (χ1) is 9.56. The summed E-state index contributed by atoms with van der Waals surface area (Å²) in [7, 11) is 1.46. The van der Waals surface area contributed by atoms with Gasteiger partial charge >= 0.3 is 5.97 Å². The molecule has 0 aliphatic heterocycles. The summed E-state index contributed by atoms with van der Waals surface area (Å²) in [4.78, 5) is 15.6. The van der Waals surface area contributed by atoms with E-state index < -0.39 is 11.8 Å². The standard InChI is InChI=1S/C14H14FNO3S/c1-3-4-11-12(14(17)18)20-13(16-11)9-6-5-8(19-2)7-10(9)15/h5-7H,3-4H2,1-2H3,(H,17,18). The summed E-state index contributed by atoms with van der Waals surface area (Å²) in [5.74, 6) is -1.08. The summed E-state index contributed by atoms with van der Waals surface area (Å²) < 4.78 is 18.9. The first-order valence-electron chi connectivity index (χ1n) is 6.13. The molecule has 20 heavy (non-hydrogen) atoms. The van der Waals surface area contributed by atoms with Crippen LogP contribution in [0, 0.1) is 5.82 Å². The average molecular weight is 295 g/mol. The second-order valence-electron chi connectivity index (χ2n) is 4.20. The zero-order chi connectivity index (χ0) is 14.7. The van der Waals surface area contributed by atoms with E-state index in [2.05, 4.69) is 4.98 Å². The molecule has 1 N–H and O–H groups in total. The molecule has 0 spiro atoms. The lowest BCUT2D eigenvalue weighted by molar-refractivity contribution is 0.0700. The van der Waals surface area contributed by atoms with Crippen molar-refractivity contribution in [3.8, 4) is 16.3 Å². The number of aryl methyl sites for hydroxylation is 1. The summed E-state index contributed by atoms with van der Waals surface area (Å²) in [6.45, 7) is 1.94. The van der Waals surface area contributed by atoms with Crippen molar-refractivity contribution in [1.29, 1.82) is 0 Å². The van der Waals surface area contributed by atoms with Crippen molar-refractivity contribution in [2.75, 3.05) is 7.11 Å². The van der Waals surface area contributed by atoms with Crippen molar-refractivity contribution in [3.63, 3.8) is 0 Å². The normalized spacial score (nSPS) is 10.6. The van der Waals surface area contributed by atoms with E-state index in [1.165, 1.54) is 13.2 Å². The molecule has 6 heteroatoms. The number of ether oxygens (including phenoxy) is 1. The Bertz CT molecular complexity index is 639. The molecule has 0 amide bonds. The minimum Gasteiger partial charge on any atom is -0.497 e. The van der Waals surface area contributed by atoms with Crippen molar-refractivity contribution in [1.82, 2.24) is 4.98 Å². The molecule has 0 saturated carbocycles. The zero-order valence-electron chi connectivity index (χ0n) is 11.1. The van der Waals surface area contributed by atoms with Gasteiger partial charge in [0.25, 0.3) is 0 Å². The van der Waals surface area contributed by atoms with Crippen LogP contribution in [0.25, 0.3) is 10.6 Å². The fraction of sp³-hybridized carbons (Fsp3) is 0.286. The predicted molar refractivity (Wildman–Crippen MR) is 75.0 cm³/mol. The monoisotopic (exact) mass is 295 g/mol. The minimum atomic E-state index is -1.02. The van der Waals surface area contributed by atoms with Gasteiger partial charge in [0, 0.05) is 11.6 Å². The number of aromatic nitrogens is 1. The topological polar surface area (TPSA) is 59.4 Å². The molecule has 0 radical (unpaired) electrons. The van der Waals surface area contributed by atoms with Gasteiger partial charge in [0.05, 0.1) is 12.8 Å². The van der Waals surface area contributed by atoms with Gasteiger partial charge in [-0.25, -0.2) is 14.2 Å². The molecule has 0 aliphatic rings. The van der Waals surface area contributed by atoms with Crippen LogP contribution in [0.3, 0.4) is 0 Å². The fourth-order valence-corrected chi connectivity index (χ4v) is 2.81. The lowest BCUT2D eigenvalue weighted by Gasteiger charge is -2.02. The number of carboxylic acid groups (broad SMARTS) is 1. The van der Waals surface area contributed by atoms with Crippen LogP contribution in [-0.4, -0.2) is 23.2 Å². The van der Waals surface area contributed by atoms with Crippen LogP contribution in [0.15, 0.2) is 18.2 Å². The Balaban J connectivity index is 2.47. The van der Waals surface area contributed by atoms with E-state index in [4.69, 9.17) is 9.84 Å². The number of thiazole rings is 1. The summed E-state index contributed by atoms with van der Waals surface area (Å²) in [5.41, 5.74) is 0.802. The summed E-state index contributed by atoms with van der Waals surface area (Å²) >= 11 is 0.997. The maximum atomic E-state index is 14.0. The van der Waals surface area contributed by atoms with E-state index >= 15 is 0 Å². The maximum Gasteiger partial charge on any atom is 0.347 e. The van der Waals surface area contributed by atoms with Gasteiger partial charge in [-0.1, -0.05) is 13.3 Å². The number of nitrogens with zero attached hydrogens (tertiary/aromatic N) is 1. The van der Waals surface area contributed by atoms with Gasteiger partial charge in [0.2, 0.25) is 0 Å². The van der Waals surface area contributed by atoms with Crippen molar-refractivity contribution in [3.05, 3.63) is 34.6 Å². The Morgan fingerprint density at radius 3 is 2.80 bits per heavy atom. The molecular formula is C14H14FNO3S. The van der Waals surface area contributed by atoms with Crippen molar-refractivity contribution in [2.24, 2.45) is 0 Å². The average Bonchev–Trinajstić information content (AvgIpc) is 2.83. The van der Waals surface area contributed by atoms with E-state index in [0.29, 0.717) is 28.4 Å². The van der Waals surface area contributed by atoms with Gasteiger partial charge in [0.1, 0.15) is 21.5 Å². The summed E-state index contributed by atoms with van der Waals surface area (Å²) in [6.07, 6.45) is 1.35. The number of carboxylic acids is 1. The number of benzene rings is 1. The van der Waals surface area contributed by atoms with E-state index in [1.54, 1.807) is 12.1 Å². The van der Waals surface area contributed by atoms with Crippen LogP contribution >= 0.6 is 11.3 Å². The molecule has 2 rings (SSSR count). The summed E-state index contributed by atoms with van der Waals surface area (Å²) in [5, 5.41) is 9.54. The van der Waals surface area contributed by atoms with Gasteiger partial charge in [-0.2, -0.15) is 0 Å².